The van der Waals surface area contributed by atoms with Crippen LogP contribution in [0.2, 0.25) is 0 Å². The van der Waals surface area contributed by atoms with Crippen LogP contribution < -0.4 is 10.1 Å². The number of benzene rings is 2. The van der Waals surface area contributed by atoms with Crippen LogP contribution in [0.1, 0.15) is 15.9 Å². The van der Waals surface area contributed by atoms with Crippen LogP contribution >= 0.6 is 0 Å². The number of fused-ring (bicyclic) bond motifs is 1. The number of aromatic nitrogens is 1. The molecule has 0 aliphatic carbocycles. The Kier molecular flexibility index (Phi) is 6.15. The standard InChI is InChI=1S/C22H22F3N3O3/c23-22(24,25)31-20-4-2-1-3-17(20)21(29)27-16-5-6-19-18(13-16)15(14-26-19)7-8-28-9-11-30-12-10-28/h1-6,13-14,26H,7-12H2,(H,27,29). The summed E-state index contributed by atoms with van der Waals surface area (Å²) < 4.78 is 47.3. The van der Waals surface area contributed by atoms with Gasteiger partial charge in [-0.1, -0.05) is 12.1 Å². The fourth-order valence-corrected chi connectivity index (χ4v) is 3.63. The maximum Gasteiger partial charge on any atom is 0.573 e. The molecular weight excluding hydrogens is 411 g/mol. The lowest BCUT2D eigenvalue weighted by Crippen LogP contribution is -2.37. The molecule has 164 valence electrons. The molecule has 31 heavy (non-hydrogen) atoms. The van der Waals surface area contributed by atoms with Gasteiger partial charge in [0.25, 0.3) is 5.91 Å². The van der Waals surface area contributed by atoms with Crippen molar-refractivity contribution in [2.45, 2.75) is 12.8 Å². The minimum absolute atomic E-state index is 0.193. The highest BCUT2D eigenvalue weighted by atomic mass is 19.4. The quantitative estimate of drug-likeness (QED) is 0.612. The highest BCUT2D eigenvalue weighted by molar-refractivity contribution is 6.07. The summed E-state index contributed by atoms with van der Waals surface area (Å²) >= 11 is 0. The summed E-state index contributed by atoms with van der Waals surface area (Å²) in [4.78, 5) is 18.2. The van der Waals surface area contributed by atoms with Crippen molar-refractivity contribution in [3.63, 3.8) is 0 Å². The monoisotopic (exact) mass is 433 g/mol. The number of rotatable bonds is 6. The van der Waals surface area contributed by atoms with Gasteiger partial charge in [0.2, 0.25) is 0 Å². The third-order valence-corrected chi connectivity index (χ3v) is 5.18. The van der Waals surface area contributed by atoms with Crippen molar-refractivity contribution in [2.24, 2.45) is 0 Å². The van der Waals surface area contributed by atoms with Crippen molar-refractivity contribution < 1.29 is 27.4 Å². The third kappa shape index (κ3) is 5.36. The minimum atomic E-state index is -4.88. The number of aromatic amines is 1. The van der Waals surface area contributed by atoms with E-state index in [0.29, 0.717) is 5.69 Å². The maximum absolute atomic E-state index is 12.6. The molecule has 0 unspecified atom stereocenters. The van der Waals surface area contributed by atoms with E-state index in [1.165, 1.54) is 18.2 Å². The van der Waals surface area contributed by atoms with Crippen LogP contribution in [0.4, 0.5) is 18.9 Å². The van der Waals surface area contributed by atoms with Gasteiger partial charge in [-0.2, -0.15) is 0 Å². The first kappa shape index (κ1) is 21.2. The van der Waals surface area contributed by atoms with Gasteiger partial charge >= 0.3 is 6.36 Å². The van der Waals surface area contributed by atoms with Crippen LogP contribution in [-0.4, -0.2) is 55.0 Å². The van der Waals surface area contributed by atoms with Gasteiger partial charge in [0.15, 0.2) is 0 Å². The zero-order chi connectivity index (χ0) is 21.8. The first-order valence-electron chi connectivity index (χ1n) is 9.95. The molecular formula is C22H22F3N3O3. The fraction of sp³-hybridized carbons (Fsp3) is 0.318. The van der Waals surface area contributed by atoms with E-state index < -0.39 is 18.0 Å². The van der Waals surface area contributed by atoms with Crippen LogP contribution in [0.5, 0.6) is 5.75 Å². The lowest BCUT2D eigenvalue weighted by atomic mass is 10.1. The molecule has 0 bridgehead atoms. The summed E-state index contributed by atoms with van der Waals surface area (Å²) in [5, 5.41) is 3.64. The van der Waals surface area contributed by atoms with E-state index in [9.17, 15) is 18.0 Å². The molecule has 6 nitrogen and oxygen atoms in total. The Bertz CT molecular complexity index is 1060. The molecule has 4 rings (SSSR count). The Morgan fingerprint density at radius 2 is 1.94 bits per heavy atom. The van der Waals surface area contributed by atoms with Crippen molar-refractivity contribution in [3.8, 4) is 5.75 Å². The van der Waals surface area contributed by atoms with E-state index in [2.05, 4.69) is 19.9 Å². The van der Waals surface area contributed by atoms with Gasteiger partial charge in [-0.05, 0) is 42.3 Å². The van der Waals surface area contributed by atoms with Gasteiger partial charge in [0.1, 0.15) is 5.75 Å². The molecule has 9 heteroatoms. The summed E-state index contributed by atoms with van der Waals surface area (Å²) in [7, 11) is 0. The Morgan fingerprint density at radius 1 is 1.16 bits per heavy atom. The van der Waals surface area contributed by atoms with E-state index >= 15 is 0 Å². The van der Waals surface area contributed by atoms with Crippen molar-refractivity contribution in [3.05, 3.63) is 59.8 Å². The van der Waals surface area contributed by atoms with Crippen LogP contribution in [0.25, 0.3) is 10.9 Å². The van der Waals surface area contributed by atoms with Crippen LogP contribution in [0.3, 0.4) is 0 Å². The lowest BCUT2D eigenvalue weighted by Gasteiger charge is -2.26. The first-order valence-corrected chi connectivity index (χ1v) is 9.95. The maximum atomic E-state index is 12.6. The molecule has 0 saturated carbocycles. The number of hydrogen-bond acceptors (Lipinski definition) is 4. The number of hydrogen-bond donors (Lipinski definition) is 2. The molecule has 2 N–H and O–H groups in total. The number of alkyl halides is 3. The molecule has 1 aromatic heterocycles. The zero-order valence-electron chi connectivity index (χ0n) is 16.7. The Balaban J connectivity index is 1.49. The molecule has 1 fully saturated rings. The Morgan fingerprint density at radius 3 is 2.71 bits per heavy atom. The number of carbonyl (C=O) groups is 1. The first-order chi connectivity index (χ1) is 14.9. The fourth-order valence-electron chi connectivity index (χ4n) is 3.63. The van der Waals surface area contributed by atoms with Gasteiger partial charge in [0, 0.05) is 42.4 Å². The summed E-state index contributed by atoms with van der Waals surface area (Å²) in [6.07, 6.45) is -2.10. The highest BCUT2D eigenvalue weighted by Gasteiger charge is 2.32. The van der Waals surface area contributed by atoms with Gasteiger partial charge in [-0.3, -0.25) is 9.69 Å². The lowest BCUT2D eigenvalue weighted by molar-refractivity contribution is -0.274. The molecule has 0 spiro atoms. The highest BCUT2D eigenvalue weighted by Crippen LogP contribution is 2.28. The number of nitrogens with one attached hydrogen (secondary N) is 2. The van der Waals surface area contributed by atoms with Gasteiger partial charge < -0.3 is 19.8 Å². The predicted molar refractivity (Wildman–Crippen MR) is 110 cm³/mol. The average molecular weight is 433 g/mol. The number of nitrogens with zero attached hydrogens (tertiary/aromatic N) is 1. The van der Waals surface area contributed by atoms with E-state index in [4.69, 9.17) is 4.74 Å². The topological polar surface area (TPSA) is 66.6 Å². The molecule has 1 saturated heterocycles. The summed E-state index contributed by atoms with van der Waals surface area (Å²) in [5.41, 5.74) is 2.34. The number of anilines is 1. The Hall–Kier alpha value is -3.04. The van der Waals surface area contributed by atoms with E-state index in [0.717, 1.165) is 61.8 Å². The summed E-state index contributed by atoms with van der Waals surface area (Å²) in [6.45, 7) is 4.19. The van der Waals surface area contributed by atoms with Gasteiger partial charge in [0.05, 0.1) is 18.8 Å². The van der Waals surface area contributed by atoms with E-state index in [1.807, 2.05) is 18.3 Å². The number of H-pyrrole nitrogens is 1. The van der Waals surface area contributed by atoms with Crippen molar-refractivity contribution >= 4 is 22.5 Å². The van der Waals surface area contributed by atoms with Crippen molar-refractivity contribution in [2.75, 3.05) is 38.2 Å². The second kappa shape index (κ2) is 8.99. The second-order valence-corrected chi connectivity index (χ2v) is 7.28. The number of para-hydroxylation sites is 1. The summed E-state index contributed by atoms with van der Waals surface area (Å²) in [6, 6.07) is 10.6. The minimum Gasteiger partial charge on any atom is -0.405 e. The number of amides is 1. The molecule has 3 aromatic rings. The predicted octanol–water partition coefficient (Wildman–Crippen LogP) is 4.19. The van der Waals surface area contributed by atoms with Crippen LogP contribution in [0, 0.1) is 0 Å². The Labute approximate surface area is 176 Å². The molecule has 1 amide bonds. The summed E-state index contributed by atoms with van der Waals surface area (Å²) in [5.74, 6) is -1.22. The van der Waals surface area contributed by atoms with E-state index in [1.54, 1.807) is 6.07 Å². The van der Waals surface area contributed by atoms with Gasteiger partial charge in [-0.15, -0.1) is 13.2 Å². The smallest absolute Gasteiger partial charge is 0.405 e. The number of carbonyl (C=O) groups excluding carboxylic acids is 1. The van der Waals surface area contributed by atoms with E-state index in [-0.39, 0.29) is 5.56 Å². The number of halogens is 3. The van der Waals surface area contributed by atoms with Crippen molar-refractivity contribution in [1.29, 1.82) is 0 Å². The van der Waals surface area contributed by atoms with Gasteiger partial charge in [-0.25, -0.2) is 0 Å². The normalized spacial score (nSPS) is 15.2. The van der Waals surface area contributed by atoms with Crippen molar-refractivity contribution in [1.82, 2.24) is 9.88 Å². The SMILES string of the molecule is O=C(Nc1ccc2[nH]cc(CCN3CCOCC3)c2c1)c1ccccc1OC(F)(F)F. The largest absolute Gasteiger partial charge is 0.573 e. The third-order valence-electron chi connectivity index (χ3n) is 5.18. The number of ether oxygens (including phenoxy) is 2. The zero-order valence-corrected chi connectivity index (χ0v) is 16.7. The second-order valence-electron chi connectivity index (χ2n) is 7.28. The average Bonchev–Trinajstić information content (AvgIpc) is 3.14. The molecule has 2 heterocycles. The number of morpholine rings is 1. The molecule has 2 aromatic carbocycles. The van der Waals surface area contributed by atoms with Crippen LogP contribution in [0.15, 0.2) is 48.7 Å². The molecule has 1 aliphatic rings. The van der Waals surface area contributed by atoms with Crippen LogP contribution in [-0.2, 0) is 11.2 Å². The molecule has 0 atom stereocenters. The molecule has 0 radical (unpaired) electrons. The molecule has 1 aliphatic heterocycles.